The molecule has 1 aromatic heterocycles. The highest BCUT2D eigenvalue weighted by molar-refractivity contribution is 5.95. The average molecular weight is 491 g/mol. The van der Waals surface area contributed by atoms with Crippen molar-refractivity contribution < 1.29 is 35.9 Å². The van der Waals surface area contributed by atoms with E-state index in [1.165, 1.54) is 30.9 Å². The number of anilines is 1. The number of alkyl halides is 6. The lowest BCUT2D eigenvalue weighted by atomic mass is 10.1. The van der Waals surface area contributed by atoms with Crippen molar-refractivity contribution >= 4 is 17.5 Å². The Morgan fingerprint density at radius 2 is 1.62 bits per heavy atom. The van der Waals surface area contributed by atoms with Gasteiger partial charge in [-0.1, -0.05) is 12.1 Å². The van der Waals surface area contributed by atoms with Gasteiger partial charge in [0, 0.05) is 32.2 Å². The maximum Gasteiger partial charge on any atom is 0.433 e. The molecule has 1 aromatic carbocycles. The Hall–Kier alpha value is -3.09. The van der Waals surface area contributed by atoms with Gasteiger partial charge in [0.25, 0.3) is 5.91 Å². The molecular formula is C21H23F6N5O2. The van der Waals surface area contributed by atoms with Gasteiger partial charge in [0.15, 0.2) is 5.69 Å². The van der Waals surface area contributed by atoms with Crippen LogP contribution in [0.5, 0.6) is 0 Å². The van der Waals surface area contributed by atoms with Crippen LogP contribution in [0.15, 0.2) is 30.5 Å². The van der Waals surface area contributed by atoms with Gasteiger partial charge in [-0.2, -0.15) is 31.4 Å². The first kappa shape index (κ1) is 25.5. The zero-order valence-electron chi connectivity index (χ0n) is 18.4. The van der Waals surface area contributed by atoms with E-state index in [0.717, 1.165) is 23.0 Å². The lowest BCUT2D eigenvalue weighted by Gasteiger charge is -2.34. The highest BCUT2D eigenvalue weighted by Crippen LogP contribution is 2.35. The van der Waals surface area contributed by atoms with Crippen molar-refractivity contribution in [1.29, 1.82) is 0 Å². The maximum absolute atomic E-state index is 13.6. The lowest BCUT2D eigenvalue weighted by Crippen LogP contribution is -2.50. The molecule has 2 amide bonds. The van der Waals surface area contributed by atoms with Crippen LogP contribution in [-0.4, -0.2) is 64.1 Å². The molecule has 1 fully saturated rings. The van der Waals surface area contributed by atoms with Crippen LogP contribution in [0.4, 0.5) is 32.0 Å². The summed E-state index contributed by atoms with van der Waals surface area (Å²) in [6, 6.07) is 3.98. The SMILES string of the molecule is CC(C)n1ncc(C(=O)N2CCN(CC(=O)Nc3ccccc3C(F)(F)F)CC2)c1C(F)(F)F. The molecular weight excluding hydrogens is 468 g/mol. The summed E-state index contributed by atoms with van der Waals surface area (Å²) in [5.74, 6) is -1.49. The number of para-hydroxylation sites is 1. The fourth-order valence-electron chi connectivity index (χ4n) is 3.70. The van der Waals surface area contributed by atoms with E-state index < -0.39 is 47.0 Å². The van der Waals surface area contributed by atoms with Crippen molar-refractivity contribution in [2.75, 3.05) is 38.0 Å². The summed E-state index contributed by atoms with van der Waals surface area (Å²) in [4.78, 5) is 27.9. The molecule has 0 spiro atoms. The number of benzene rings is 1. The Morgan fingerprint density at radius 1 is 1.00 bits per heavy atom. The minimum absolute atomic E-state index is 0.0510. The summed E-state index contributed by atoms with van der Waals surface area (Å²) in [6.07, 6.45) is -8.49. The fourth-order valence-corrected chi connectivity index (χ4v) is 3.70. The summed E-state index contributed by atoms with van der Waals surface area (Å²) >= 11 is 0. The Bertz CT molecular complexity index is 1040. The second-order valence-electron chi connectivity index (χ2n) is 8.10. The number of amides is 2. The Morgan fingerprint density at radius 3 is 2.18 bits per heavy atom. The van der Waals surface area contributed by atoms with Gasteiger partial charge in [0.2, 0.25) is 5.91 Å². The number of carbonyl (C=O) groups is 2. The minimum atomic E-state index is -4.77. The molecule has 0 radical (unpaired) electrons. The molecule has 186 valence electrons. The molecule has 2 heterocycles. The first-order valence-electron chi connectivity index (χ1n) is 10.4. The van der Waals surface area contributed by atoms with Crippen LogP contribution < -0.4 is 5.32 Å². The van der Waals surface area contributed by atoms with Crippen molar-refractivity contribution in [2.24, 2.45) is 0 Å². The van der Waals surface area contributed by atoms with Gasteiger partial charge in [-0.05, 0) is 26.0 Å². The monoisotopic (exact) mass is 491 g/mol. The molecule has 34 heavy (non-hydrogen) atoms. The number of rotatable bonds is 5. The fraction of sp³-hybridized carbons (Fsp3) is 0.476. The summed E-state index contributed by atoms with van der Waals surface area (Å²) < 4.78 is 80.7. The van der Waals surface area contributed by atoms with Crippen LogP contribution in [0.25, 0.3) is 0 Å². The van der Waals surface area contributed by atoms with Crippen LogP contribution in [0, 0.1) is 0 Å². The number of piperazine rings is 1. The first-order valence-corrected chi connectivity index (χ1v) is 10.4. The number of hydrogen-bond acceptors (Lipinski definition) is 4. The molecule has 0 saturated carbocycles. The molecule has 13 heteroatoms. The molecule has 1 aliphatic heterocycles. The third-order valence-electron chi connectivity index (χ3n) is 5.32. The van der Waals surface area contributed by atoms with E-state index >= 15 is 0 Å². The summed E-state index contributed by atoms with van der Waals surface area (Å²) in [7, 11) is 0. The minimum Gasteiger partial charge on any atom is -0.336 e. The van der Waals surface area contributed by atoms with E-state index in [1.54, 1.807) is 4.90 Å². The molecule has 1 saturated heterocycles. The van der Waals surface area contributed by atoms with Gasteiger partial charge in [-0.15, -0.1) is 0 Å². The molecule has 0 unspecified atom stereocenters. The summed E-state index contributed by atoms with van der Waals surface area (Å²) in [6.45, 7) is 3.25. The van der Waals surface area contributed by atoms with Crippen molar-refractivity contribution in [1.82, 2.24) is 19.6 Å². The second kappa shape index (κ2) is 9.65. The van der Waals surface area contributed by atoms with Gasteiger partial charge in [0.1, 0.15) is 0 Å². The quantitative estimate of drug-likeness (QED) is 0.645. The zero-order valence-corrected chi connectivity index (χ0v) is 18.4. The van der Waals surface area contributed by atoms with Crippen molar-refractivity contribution in [2.45, 2.75) is 32.2 Å². The van der Waals surface area contributed by atoms with Crippen molar-refractivity contribution in [3.63, 3.8) is 0 Å². The topological polar surface area (TPSA) is 70.5 Å². The highest BCUT2D eigenvalue weighted by Gasteiger charge is 2.42. The number of aromatic nitrogens is 2. The van der Waals surface area contributed by atoms with Crippen LogP contribution >= 0.6 is 0 Å². The molecule has 3 rings (SSSR count). The van der Waals surface area contributed by atoms with Gasteiger partial charge >= 0.3 is 12.4 Å². The lowest BCUT2D eigenvalue weighted by molar-refractivity contribution is -0.145. The number of hydrogen-bond donors (Lipinski definition) is 1. The summed E-state index contributed by atoms with van der Waals surface area (Å²) in [5, 5.41) is 5.97. The van der Waals surface area contributed by atoms with Crippen LogP contribution in [0.1, 0.15) is 41.5 Å². The molecule has 7 nitrogen and oxygen atoms in total. The third kappa shape index (κ3) is 5.69. The molecule has 0 aliphatic carbocycles. The van der Waals surface area contributed by atoms with Crippen molar-refractivity contribution in [3.8, 4) is 0 Å². The van der Waals surface area contributed by atoms with E-state index in [9.17, 15) is 35.9 Å². The molecule has 1 aliphatic rings. The van der Waals surface area contributed by atoms with E-state index in [-0.39, 0.29) is 38.4 Å². The van der Waals surface area contributed by atoms with Crippen LogP contribution in [0.2, 0.25) is 0 Å². The number of halogens is 6. The standard InChI is InChI=1S/C21H23F6N5O2/c1-13(2)32-18(21(25,26)27)14(11-28-32)19(34)31-9-7-30(8-10-31)12-17(33)29-16-6-4-3-5-15(16)20(22,23)24/h3-6,11,13H,7-10,12H2,1-2H3,(H,29,33). The molecule has 1 N–H and O–H groups in total. The largest absolute Gasteiger partial charge is 0.433 e. The number of nitrogens with zero attached hydrogens (tertiary/aromatic N) is 4. The third-order valence-corrected chi connectivity index (χ3v) is 5.32. The van der Waals surface area contributed by atoms with Crippen LogP contribution in [-0.2, 0) is 17.1 Å². The predicted octanol–water partition coefficient (Wildman–Crippen LogP) is 3.90. The van der Waals surface area contributed by atoms with Crippen molar-refractivity contribution in [3.05, 3.63) is 47.3 Å². The number of nitrogens with one attached hydrogen (secondary N) is 1. The molecule has 0 bridgehead atoms. The van der Waals surface area contributed by atoms with E-state index in [4.69, 9.17) is 0 Å². The van der Waals surface area contributed by atoms with Gasteiger partial charge in [-0.25, -0.2) is 0 Å². The smallest absolute Gasteiger partial charge is 0.336 e. The summed E-state index contributed by atoms with van der Waals surface area (Å²) in [5.41, 5.74) is -2.99. The maximum atomic E-state index is 13.6. The Balaban J connectivity index is 1.62. The Kier molecular flexibility index (Phi) is 7.24. The van der Waals surface area contributed by atoms with E-state index in [0.29, 0.717) is 0 Å². The normalized spacial score (nSPS) is 15.6. The highest BCUT2D eigenvalue weighted by atomic mass is 19.4. The van der Waals surface area contributed by atoms with Gasteiger partial charge in [-0.3, -0.25) is 19.2 Å². The number of carbonyl (C=O) groups excluding carboxylic acids is 2. The van der Waals surface area contributed by atoms with Gasteiger partial charge in [0.05, 0.1) is 29.6 Å². The molecule has 0 atom stereocenters. The van der Waals surface area contributed by atoms with Crippen LogP contribution in [0.3, 0.4) is 0 Å². The zero-order chi connectivity index (χ0) is 25.3. The van der Waals surface area contributed by atoms with E-state index in [2.05, 4.69) is 10.4 Å². The first-order chi connectivity index (χ1) is 15.8. The van der Waals surface area contributed by atoms with Gasteiger partial charge < -0.3 is 10.2 Å². The Labute approximate surface area is 191 Å². The molecule has 2 aromatic rings. The average Bonchev–Trinajstić information content (AvgIpc) is 3.19. The van der Waals surface area contributed by atoms with E-state index in [1.807, 2.05) is 0 Å². The second-order valence-corrected chi connectivity index (χ2v) is 8.10. The predicted molar refractivity (Wildman–Crippen MR) is 110 cm³/mol.